The molecule has 2 amide bonds. The van der Waals surface area contributed by atoms with E-state index in [1.807, 2.05) is 13.0 Å². The van der Waals surface area contributed by atoms with Gasteiger partial charge in [-0.2, -0.15) is 0 Å². The Kier molecular flexibility index (Phi) is 4.99. The Morgan fingerprint density at radius 3 is 2.50 bits per heavy atom. The van der Waals surface area contributed by atoms with Crippen LogP contribution in [0.5, 0.6) is 0 Å². The lowest BCUT2D eigenvalue weighted by molar-refractivity contribution is 0.251. The fourth-order valence-electron chi connectivity index (χ4n) is 1.76. The predicted octanol–water partition coefficient (Wildman–Crippen LogP) is 2.64. The van der Waals surface area contributed by atoms with E-state index in [2.05, 4.69) is 15.6 Å². The van der Waals surface area contributed by atoms with Crippen LogP contribution in [0.3, 0.4) is 0 Å². The van der Waals surface area contributed by atoms with Crippen LogP contribution >= 0.6 is 10.7 Å². The van der Waals surface area contributed by atoms with Gasteiger partial charge in [0.2, 0.25) is 0 Å². The van der Waals surface area contributed by atoms with Crippen LogP contribution in [0.1, 0.15) is 11.3 Å². The highest BCUT2D eigenvalue weighted by molar-refractivity contribution is 8.13. The van der Waals surface area contributed by atoms with E-state index in [1.54, 1.807) is 12.3 Å². The molecule has 2 rings (SSSR count). The Morgan fingerprint density at radius 2 is 1.91 bits per heavy atom. The van der Waals surface area contributed by atoms with E-state index < -0.39 is 15.1 Å². The van der Waals surface area contributed by atoms with Crippen LogP contribution in [0.4, 0.5) is 10.5 Å². The minimum absolute atomic E-state index is 0.0221. The predicted molar refractivity (Wildman–Crippen MR) is 84.3 cm³/mol. The van der Waals surface area contributed by atoms with E-state index in [0.717, 1.165) is 11.3 Å². The second-order valence-electron chi connectivity index (χ2n) is 4.52. The first-order chi connectivity index (χ1) is 10.4. The highest BCUT2D eigenvalue weighted by atomic mass is 35.7. The number of rotatable bonds is 4. The molecule has 0 saturated heterocycles. The van der Waals surface area contributed by atoms with Gasteiger partial charge in [0, 0.05) is 34.8 Å². The summed E-state index contributed by atoms with van der Waals surface area (Å²) in [6.45, 7) is 2.21. The van der Waals surface area contributed by atoms with Crippen molar-refractivity contribution in [2.24, 2.45) is 0 Å². The monoisotopic (exact) mass is 339 g/mol. The van der Waals surface area contributed by atoms with Crippen LogP contribution in [-0.4, -0.2) is 19.4 Å². The number of nitrogens with one attached hydrogen (secondary N) is 2. The summed E-state index contributed by atoms with van der Waals surface area (Å²) in [5, 5.41) is 5.30. The Hall–Kier alpha value is -2.12. The van der Waals surface area contributed by atoms with Gasteiger partial charge >= 0.3 is 6.03 Å². The topological polar surface area (TPSA) is 88.2 Å². The van der Waals surface area contributed by atoms with Crippen molar-refractivity contribution in [2.45, 2.75) is 18.4 Å². The zero-order valence-electron chi connectivity index (χ0n) is 11.7. The number of halogens is 1. The molecule has 1 heterocycles. The maximum absolute atomic E-state index is 11.8. The van der Waals surface area contributed by atoms with Crippen molar-refractivity contribution in [3.05, 3.63) is 53.9 Å². The molecule has 8 heteroatoms. The number of benzene rings is 1. The van der Waals surface area contributed by atoms with Crippen LogP contribution in [0.2, 0.25) is 0 Å². The van der Waals surface area contributed by atoms with Gasteiger partial charge in [0.05, 0.1) is 4.90 Å². The molecule has 0 radical (unpaired) electrons. The second-order valence-corrected chi connectivity index (χ2v) is 7.08. The molecule has 0 aliphatic carbocycles. The summed E-state index contributed by atoms with van der Waals surface area (Å²) >= 11 is 0. The van der Waals surface area contributed by atoms with Crippen LogP contribution < -0.4 is 10.6 Å². The van der Waals surface area contributed by atoms with Crippen LogP contribution in [0.25, 0.3) is 0 Å². The van der Waals surface area contributed by atoms with E-state index in [-0.39, 0.29) is 4.90 Å². The van der Waals surface area contributed by atoms with Gasteiger partial charge in [0.15, 0.2) is 0 Å². The largest absolute Gasteiger partial charge is 0.334 e. The fraction of sp³-hybridized carbons (Fsp3) is 0.143. The minimum Gasteiger partial charge on any atom is -0.334 e. The van der Waals surface area contributed by atoms with Gasteiger partial charge in [-0.1, -0.05) is 6.07 Å². The molecule has 1 aromatic carbocycles. The van der Waals surface area contributed by atoms with E-state index >= 15 is 0 Å². The molecule has 6 nitrogen and oxygen atoms in total. The molecule has 2 aromatic rings. The number of anilines is 1. The molecule has 1 aromatic heterocycles. The fourth-order valence-corrected chi connectivity index (χ4v) is 2.53. The van der Waals surface area contributed by atoms with E-state index in [0.29, 0.717) is 12.2 Å². The SMILES string of the molecule is Cc1ncccc1CNC(=O)Nc1ccc(S(=O)(=O)Cl)cc1. The van der Waals surface area contributed by atoms with Gasteiger partial charge in [0.1, 0.15) is 0 Å². The smallest absolute Gasteiger partial charge is 0.319 e. The Balaban J connectivity index is 1.94. The van der Waals surface area contributed by atoms with Gasteiger partial charge in [-0.05, 0) is 42.8 Å². The molecular formula is C14H14ClN3O3S. The molecular weight excluding hydrogens is 326 g/mol. The molecule has 0 aliphatic rings. The minimum atomic E-state index is -3.76. The summed E-state index contributed by atoms with van der Waals surface area (Å²) in [5.74, 6) is 0. The lowest BCUT2D eigenvalue weighted by Crippen LogP contribution is -2.28. The quantitative estimate of drug-likeness (QED) is 0.838. The zero-order chi connectivity index (χ0) is 16.2. The molecule has 22 heavy (non-hydrogen) atoms. The molecule has 0 unspecified atom stereocenters. The number of nitrogens with zero attached hydrogens (tertiary/aromatic N) is 1. The maximum atomic E-state index is 11.8. The Labute approximate surface area is 132 Å². The third-order valence-corrected chi connectivity index (χ3v) is 4.32. The lowest BCUT2D eigenvalue weighted by atomic mass is 10.2. The molecule has 0 spiro atoms. The number of amides is 2. The number of hydrogen-bond donors (Lipinski definition) is 2. The average molecular weight is 340 g/mol. The number of aryl methyl sites for hydroxylation is 1. The molecule has 0 bridgehead atoms. The molecule has 116 valence electrons. The van der Waals surface area contributed by atoms with Gasteiger partial charge < -0.3 is 10.6 Å². The van der Waals surface area contributed by atoms with Gasteiger partial charge in [-0.3, -0.25) is 4.98 Å². The van der Waals surface area contributed by atoms with Gasteiger partial charge in [-0.25, -0.2) is 13.2 Å². The van der Waals surface area contributed by atoms with Crippen molar-refractivity contribution >= 4 is 31.5 Å². The first kappa shape index (κ1) is 16.3. The first-order valence-corrected chi connectivity index (χ1v) is 8.67. The third kappa shape index (κ3) is 4.44. The Bertz CT molecular complexity index is 776. The number of urea groups is 1. The second kappa shape index (κ2) is 6.76. The van der Waals surface area contributed by atoms with Crippen molar-refractivity contribution in [1.82, 2.24) is 10.3 Å². The summed E-state index contributed by atoms with van der Waals surface area (Å²) in [7, 11) is 1.45. The molecule has 0 fully saturated rings. The highest BCUT2D eigenvalue weighted by Crippen LogP contribution is 2.17. The number of carbonyl (C=O) groups excluding carboxylic acids is 1. The van der Waals surface area contributed by atoms with E-state index in [4.69, 9.17) is 10.7 Å². The van der Waals surface area contributed by atoms with Crippen molar-refractivity contribution in [3.8, 4) is 0 Å². The molecule has 0 saturated carbocycles. The number of carbonyl (C=O) groups is 1. The third-order valence-electron chi connectivity index (χ3n) is 2.95. The van der Waals surface area contributed by atoms with Crippen molar-refractivity contribution in [1.29, 1.82) is 0 Å². The van der Waals surface area contributed by atoms with E-state index in [1.165, 1.54) is 24.3 Å². The molecule has 0 atom stereocenters. The number of pyridine rings is 1. The first-order valence-electron chi connectivity index (χ1n) is 6.36. The maximum Gasteiger partial charge on any atom is 0.319 e. The summed E-state index contributed by atoms with van der Waals surface area (Å²) in [6, 6.07) is 8.85. The van der Waals surface area contributed by atoms with Crippen LogP contribution in [-0.2, 0) is 15.6 Å². The van der Waals surface area contributed by atoms with Crippen LogP contribution in [0, 0.1) is 6.92 Å². The zero-order valence-corrected chi connectivity index (χ0v) is 13.3. The summed E-state index contributed by atoms with van der Waals surface area (Å²) in [6.07, 6.45) is 1.69. The normalized spacial score (nSPS) is 11.0. The van der Waals surface area contributed by atoms with Crippen molar-refractivity contribution in [3.63, 3.8) is 0 Å². The standard InChI is InChI=1S/C14H14ClN3O3S/c1-10-11(3-2-8-16-10)9-17-14(19)18-12-4-6-13(7-5-12)22(15,20)21/h2-8H,9H2,1H3,(H2,17,18,19). The Morgan fingerprint density at radius 1 is 1.23 bits per heavy atom. The molecule has 2 N–H and O–H groups in total. The summed E-state index contributed by atoms with van der Waals surface area (Å²) < 4.78 is 22.2. The molecule has 0 aliphatic heterocycles. The van der Waals surface area contributed by atoms with Crippen molar-refractivity contribution < 1.29 is 13.2 Å². The number of hydrogen-bond acceptors (Lipinski definition) is 4. The van der Waals surface area contributed by atoms with E-state index in [9.17, 15) is 13.2 Å². The summed E-state index contributed by atoms with van der Waals surface area (Å²) in [5.41, 5.74) is 2.23. The van der Waals surface area contributed by atoms with Crippen LogP contribution in [0.15, 0.2) is 47.5 Å². The highest BCUT2D eigenvalue weighted by Gasteiger charge is 2.10. The lowest BCUT2D eigenvalue weighted by Gasteiger charge is -2.09. The summed E-state index contributed by atoms with van der Waals surface area (Å²) in [4.78, 5) is 15.9. The van der Waals surface area contributed by atoms with Crippen molar-refractivity contribution in [2.75, 3.05) is 5.32 Å². The van der Waals surface area contributed by atoms with Gasteiger partial charge in [0.25, 0.3) is 9.05 Å². The number of aromatic nitrogens is 1. The van der Waals surface area contributed by atoms with Gasteiger partial charge in [-0.15, -0.1) is 0 Å². The average Bonchev–Trinajstić information content (AvgIpc) is 2.46.